The van der Waals surface area contributed by atoms with Gasteiger partial charge < -0.3 is 5.11 Å². The molecular formula is C20H28N4OS. The second-order valence-electron chi connectivity index (χ2n) is 8.11. The topological polar surface area (TPSA) is 83.1 Å². The predicted molar refractivity (Wildman–Crippen MR) is 102 cm³/mol. The summed E-state index contributed by atoms with van der Waals surface area (Å²) in [5.74, 6) is 0.824. The maximum Gasteiger partial charge on any atom is 0.126 e. The van der Waals surface area contributed by atoms with Gasteiger partial charge in [-0.25, -0.2) is 0 Å². The first kappa shape index (κ1) is 19.3. The second kappa shape index (κ2) is 8.06. The van der Waals surface area contributed by atoms with E-state index in [1.54, 1.807) is 6.92 Å². The van der Waals surface area contributed by atoms with Crippen LogP contribution in [0.2, 0.25) is 0 Å². The van der Waals surface area contributed by atoms with Gasteiger partial charge >= 0.3 is 0 Å². The summed E-state index contributed by atoms with van der Waals surface area (Å²) in [6.45, 7) is 5.00. The highest BCUT2D eigenvalue weighted by Gasteiger charge is 2.39. The van der Waals surface area contributed by atoms with E-state index in [-0.39, 0.29) is 12.5 Å². The number of hydrogen-bond acceptors (Lipinski definition) is 6. The Labute approximate surface area is 160 Å². The zero-order valence-electron chi connectivity index (χ0n) is 15.6. The summed E-state index contributed by atoms with van der Waals surface area (Å²) in [4.78, 5) is 4.39. The van der Waals surface area contributed by atoms with E-state index in [1.165, 1.54) is 37.0 Å². The molecule has 0 saturated carbocycles. The number of piperidine rings is 1. The second-order valence-corrected chi connectivity index (χ2v) is 9.22. The lowest BCUT2D eigenvalue weighted by Crippen LogP contribution is -2.47. The first-order valence-corrected chi connectivity index (χ1v) is 10.4. The molecule has 26 heavy (non-hydrogen) atoms. The third-order valence-corrected chi connectivity index (χ3v) is 6.89. The molecule has 0 aliphatic carbocycles. The summed E-state index contributed by atoms with van der Waals surface area (Å²) in [5.41, 5.74) is -1.23. The van der Waals surface area contributed by atoms with Crippen molar-refractivity contribution in [3.05, 3.63) is 21.9 Å². The highest BCUT2D eigenvalue weighted by Crippen LogP contribution is 2.39. The number of nitrogens with one attached hydrogen (secondary N) is 1. The molecule has 5 nitrogen and oxygen atoms in total. The molecule has 1 aromatic heterocycles. The summed E-state index contributed by atoms with van der Waals surface area (Å²) in [6, 6.07) is 9.38. The van der Waals surface area contributed by atoms with Gasteiger partial charge in [-0.05, 0) is 57.1 Å². The van der Waals surface area contributed by atoms with E-state index < -0.39 is 5.72 Å². The minimum Gasteiger partial charge on any atom is -0.375 e. The van der Waals surface area contributed by atoms with Gasteiger partial charge in [-0.15, -0.1) is 11.3 Å². The fourth-order valence-electron chi connectivity index (χ4n) is 4.66. The molecule has 2 fully saturated rings. The minimum atomic E-state index is -1.23. The summed E-state index contributed by atoms with van der Waals surface area (Å²) in [5, 5.41) is 31.8. The van der Waals surface area contributed by atoms with Gasteiger partial charge in [-0.2, -0.15) is 10.5 Å². The maximum absolute atomic E-state index is 10.5. The number of fused-ring (bicyclic) bond motifs is 2. The van der Waals surface area contributed by atoms with Gasteiger partial charge in [0.05, 0.1) is 12.5 Å². The van der Waals surface area contributed by atoms with E-state index in [0.29, 0.717) is 17.0 Å². The molecular weight excluding hydrogens is 344 g/mol. The van der Waals surface area contributed by atoms with Crippen LogP contribution in [-0.2, 0) is 0 Å². The number of nitriles is 2. The van der Waals surface area contributed by atoms with Crippen molar-refractivity contribution in [2.75, 3.05) is 6.54 Å². The standard InChI is InChI=1S/C20H28N4OS/c1-14-11-15-3-4-16(12-14)24(15)10-7-18(23-20(2,25)8-9-21)19-6-5-17(13-22)26-19/h5-6,14-16,18,23,25H,3-4,7-8,10-12H2,1-2H3/t14?,15?,16?,18-,20?/m0/s1. The monoisotopic (exact) mass is 372 g/mol. The summed E-state index contributed by atoms with van der Waals surface area (Å²) >= 11 is 1.47. The van der Waals surface area contributed by atoms with Crippen molar-refractivity contribution in [1.82, 2.24) is 10.2 Å². The molecule has 140 valence electrons. The van der Waals surface area contributed by atoms with Crippen molar-refractivity contribution >= 4 is 11.3 Å². The van der Waals surface area contributed by atoms with Crippen LogP contribution in [0.3, 0.4) is 0 Å². The Balaban J connectivity index is 1.70. The van der Waals surface area contributed by atoms with Crippen LogP contribution in [0.15, 0.2) is 12.1 Å². The quantitative estimate of drug-likeness (QED) is 0.716. The molecule has 2 aliphatic rings. The third-order valence-electron chi connectivity index (χ3n) is 5.78. The van der Waals surface area contributed by atoms with Crippen LogP contribution >= 0.6 is 11.3 Å². The van der Waals surface area contributed by atoms with Crippen LogP contribution in [0.5, 0.6) is 0 Å². The van der Waals surface area contributed by atoms with E-state index in [2.05, 4.69) is 23.2 Å². The van der Waals surface area contributed by atoms with Crippen LogP contribution in [0.25, 0.3) is 0 Å². The molecule has 2 bridgehead atoms. The summed E-state index contributed by atoms with van der Waals surface area (Å²) in [6.07, 6.45) is 6.09. The Morgan fingerprint density at radius 2 is 2.04 bits per heavy atom. The van der Waals surface area contributed by atoms with Crippen LogP contribution in [0.1, 0.15) is 68.2 Å². The molecule has 0 amide bonds. The molecule has 2 aliphatic heterocycles. The van der Waals surface area contributed by atoms with E-state index in [9.17, 15) is 5.11 Å². The van der Waals surface area contributed by atoms with Crippen LogP contribution in [0, 0.1) is 28.6 Å². The Morgan fingerprint density at radius 3 is 2.62 bits per heavy atom. The average Bonchev–Trinajstić information content (AvgIpc) is 3.14. The first-order valence-electron chi connectivity index (χ1n) is 9.54. The fourth-order valence-corrected chi connectivity index (χ4v) is 5.55. The molecule has 3 rings (SSSR count). The minimum absolute atomic E-state index is 0.0342. The lowest BCUT2D eigenvalue weighted by molar-refractivity contribution is 0.0124. The number of rotatable bonds is 7. The van der Waals surface area contributed by atoms with Crippen LogP contribution in [-0.4, -0.2) is 34.4 Å². The molecule has 1 aromatic rings. The van der Waals surface area contributed by atoms with Gasteiger partial charge in [0, 0.05) is 29.5 Å². The maximum atomic E-state index is 10.5. The lowest BCUT2D eigenvalue weighted by Gasteiger charge is -2.39. The Bertz CT molecular complexity index is 687. The first-order chi connectivity index (χ1) is 12.4. The molecule has 0 radical (unpaired) electrons. The van der Waals surface area contributed by atoms with Gasteiger partial charge in [-0.3, -0.25) is 10.2 Å². The van der Waals surface area contributed by atoms with Gasteiger partial charge in [0.15, 0.2) is 0 Å². The Morgan fingerprint density at radius 1 is 1.35 bits per heavy atom. The molecule has 2 saturated heterocycles. The SMILES string of the molecule is CC1CC2CCC(C1)N2CC[C@H](NC(C)(O)CC#N)c1ccc(C#N)s1. The number of nitrogens with zero attached hydrogens (tertiary/aromatic N) is 3. The van der Waals surface area contributed by atoms with E-state index in [1.807, 2.05) is 18.2 Å². The lowest BCUT2D eigenvalue weighted by atomic mass is 9.92. The van der Waals surface area contributed by atoms with Crippen LogP contribution < -0.4 is 5.32 Å². The van der Waals surface area contributed by atoms with Gasteiger partial charge in [0.1, 0.15) is 16.7 Å². The average molecular weight is 373 g/mol. The zero-order valence-corrected chi connectivity index (χ0v) is 16.4. The molecule has 3 heterocycles. The van der Waals surface area contributed by atoms with Gasteiger partial charge in [-0.1, -0.05) is 6.92 Å². The van der Waals surface area contributed by atoms with Crippen molar-refractivity contribution in [3.63, 3.8) is 0 Å². The molecule has 0 spiro atoms. The molecule has 4 atom stereocenters. The largest absolute Gasteiger partial charge is 0.375 e. The molecule has 6 heteroatoms. The van der Waals surface area contributed by atoms with Crippen molar-refractivity contribution < 1.29 is 5.11 Å². The molecule has 3 unspecified atom stereocenters. The van der Waals surface area contributed by atoms with Crippen molar-refractivity contribution in [2.45, 2.75) is 76.2 Å². The van der Waals surface area contributed by atoms with E-state index >= 15 is 0 Å². The van der Waals surface area contributed by atoms with Crippen LogP contribution in [0.4, 0.5) is 0 Å². The van der Waals surface area contributed by atoms with Gasteiger partial charge in [0.2, 0.25) is 0 Å². The normalized spacial score (nSPS) is 28.9. The third kappa shape index (κ3) is 4.45. The zero-order chi connectivity index (χ0) is 18.7. The molecule has 0 aromatic carbocycles. The fraction of sp³-hybridized carbons (Fsp3) is 0.700. The van der Waals surface area contributed by atoms with E-state index in [0.717, 1.165) is 23.8 Å². The van der Waals surface area contributed by atoms with Crippen molar-refractivity contribution in [1.29, 1.82) is 10.5 Å². The number of hydrogen-bond donors (Lipinski definition) is 2. The summed E-state index contributed by atoms with van der Waals surface area (Å²) < 4.78 is 0. The number of thiophene rings is 1. The smallest absolute Gasteiger partial charge is 0.126 e. The molecule has 2 N–H and O–H groups in total. The summed E-state index contributed by atoms with van der Waals surface area (Å²) in [7, 11) is 0. The predicted octanol–water partition coefficient (Wildman–Crippen LogP) is 3.53. The van der Waals surface area contributed by atoms with Gasteiger partial charge in [0.25, 0.3) is 0 Å². The van der Waals surface area contributed by atoms with Crippen molar-refractivity contribution in [2.24, 2.45) is 5.92 Å². The Kier molecular flexibility index (Phi) is 5.99. The van der Waals surface area contributed by atoms with E-state index in [4.69, 9.17) is 10.5 Å². The highest BCUT2D eigenvalue weighted by molar-refractivity contribution is 7.12. The number of aliphatic hydroxyl groups is 1. The Hall–Kier alpha value is -1.44. The van der Waals surface area contributed by atoms with Crippen molar-refractivity contribution in [3.8, 4) is 12.1 Å². The highest BCUT2D eigenvalue weighted by atomic mass is 32.1.